The third-order valence-electron chi connectivity index (χ3n) is 5.71. The molecule has 1 N–H and O–H groups in total. The molecule has 1 atom stereocenters. The Labute approximate surface area is 194 Å². The summed E-state index contributed by atoms with van der Waals surface area (Å²) in [6, 6.07) is 10.2. The van der Waals surface area contributed by atoms with E-state index in [4.69, 9.17) is 9.47 Å². The highest BCUT2D eigenvalue weighted by Crippen LogP contribution is 2.32. The van der Waals surface area contributed by atoms with Crippen molar-refractivity contribution in [2.45, 2.75) is 36.6 Å². The van der Waals surface area contributed by atoms with Gasteiger partial charge in [0.2, 0.25) is 10.0 Å². The first-order valence-corrected chi connectivity index (χ1v) is 12.0. The van der Waals surface area contributed by atoms with Crippen LogP contribution in [0.3, 0.4) is 0 Å². The van der Waals surface area contributed by atoms with E-state index in [2.05, 4.69) is 4.98 Å². The minimum atomic E-state index is -4.69. The predicted octanol–water partition coefficient (Wildman–Crippen LogP) is 3.93. The molecule has 0 unspecified atom stereocenters. The highest BCUT2D eigenvalue weighted by atomic mass is 32.2. The van der Waals surface area contributed by atoms with E-state index in [1.165, 1.54) is 7.11 Å². The van der Waals surface area contributed by atoms with Crippen LogP contribution in [0.15, 0.2) is 58.2 Å². The quantitative estimate of drug-likeness (QED) is 0.536. The second-order valence-corrected chi connectivity index (χ2v) is 9.97. The van der Waals surface area contributed by atoms with Gasteiger partial charge in [-0.2, -0.15) is 17.5 Å². The number of aromatic nitrogens is 1. The van der Waals surface area contributed by atoms with Crippen LogP contribution >= 0.6 is 0 Å². The SMILES string of the molecule is COc1ccc2[nH]c(=O)c(CN(C[C@H]3CCCO3)S(=O)(=O)c3cccc(C(F)(F)F)c3)cc2c1. The number of halogens is 3. The fourth-order valence-corrected chi connectivity index (χ4v) is 5.41. The van der Waals surface area contributed by atoms with E-state index >= 15 is 0 Å². The molecule has 0 spiro atoms. The van der Waals surface area contributed by atoms with Gasteiger partial charge in [0.25, 0.3) is 5.56 Å². The van der Waals surface area contributed by atoms with Gasteiger partial charge in [-0.25, -0.2) is 8.42 Å². The number of H-pyrrole nitrogens is 1. The molecule has 182 valence electrons. The van der Waals surface area contributed by atoms with Crippen molar-refractivity contribution in [2.24, 2.45) is 0 Å². The van der Waals surface area contributed by atoms with E-state index in [0.29, 0.717) is 35.7 Å². The first-order chi connectivity index (χ1) is 16.1. The Morgan fingerprint density at radius 2 is 1.97 bits per heavy atom. The lowest BCUT2D eigenvalue weighted by molar-refractivity contribution is -0.137. The zero-order valence-electron chi connectivity index (χ0n) is 18.3. The number of sulfonamides is 1. The molecule has 34 heavy (non-hydrogen) atoms. The van der Waals surface area contributed by atoms with E-state index < -0.39 is 38.3 Å². The molecule has 1 aliphatic heterocycles. The average Bonchev–Trinajstić information content (AvgIpc) is 3.31. The van der Waals surface area contributed by atoms with Crippen molar-refractivity contribution < 1.29 is 31.1 Å². The predicted molar refractivity (Wildman–Crippen MR) is 119 cm³/mol. The highest BCUT2D eigenvalue weighted by molar-refractivity contribution is 7.89. The number of benzene rings is 2. The Bertz CT molecular complexity index is 1350. The molecule has 1 fully saturated rings. The molecule has 3 aromatic rings. The highest BCUT2D eigenvalue weighted by Gasteiger charge is 2.34. The first kappa shape index (κ1) is 24.2. The molecule has 11 heteroatoms. The van der Waals surface area contributed by atoms with Gasteiger partial charge in [-0.3, -0.25) is 4.79 Å². The largest absolute Gasteiger partial charge is 0.497 e. The van der Waals surface area contributed by atoms with Crippen molar-refractivity contribution in [3.05, 3.63) is 70.0 Å². The van der Waals surface area contributed by atoms with Crippen molar-refractivity contribution in [3.8, 4) is 5.75 Å². The van der Waals surface area contributed by atoms with E-state index in [1.807, 2.05) is 0 Å². The van der Waals surface area contributed by atoms with Crippen molar-refractivity contribution >= 4 is 20.9 Å². The van der Waals surface area contributed by atoms with Crippen LogP contribution in [0, 0.1) is 0 Å². The monoisotopic (exact) mass is 496 g/mol. The van der Waals surface area contributed by atoms with Crippen LogP contribution in [0.25, 0.3) is 10.9 Å². The number of aromatic amines is 1. The minimum absolute atomic E-state index is 0.0891. The summed E-state index contributed by atoms with van der Waals surface area (Å²) in [5, 5.41) is 0.627. The maximum atomic E-state index is 13.4. The zero-order valence-corrected chi connectivity index (χ0v) is 19.1. The molecular weight excluding hydrogens is 473 g/mol. The Balaban J connectivity index is 1.75. The fourth-order valence-electron chi connectivity index (χ4n) is 3.91. The standard InChI is InChI=1S/C23H23F3N2O5S/c1-32-18-7-8-21-15(11-18)10-16(22(29)27-21)13-28(14-19-5-3-9-33-19)34(30,31)20-6-2-4-17(12-20)23(24,25)26/h2,4,6-8,10-12,19H,3,5,9,13-14H2,1H3,(H,27,29)/t19-/m1/s1. The number of pyridine rings is 1. The summed E-state index contributed by atoms with van der Waals surface area (Å²) in [4.78, 5) is 14.9. The van der Waals surface area contributed by atoms with Crippen LogP contribution in [0.2, 0.25) is 0 Å². The molecule has 0 amide bonds. The van der Waals surface area contributed by atoms with Crippen LogP contribution in [-0.2, 0) is 27.5 Å². The lowest BCUT2D eigenvalue weighted by Gasteiger charge is -2.25. The Hall–Kier alpha value is -2.89. The fraction of sp³-hybridized carbons (Fsp3) is 0.348. The summed E-state index contributed by atoms with van der Waals surface area (Å²) in [6.07, 6.45) is -3.75. The number of nitrogens with zero attached hydrogens (tertiary/aromatic N) is 1. The van der Waals surface area contributed by atoms with Crippen molar-refractivity contribution in [1.82, 2.24) is 9.29 Å². The lowest BCUT2D eigenvalue weighted by atomic mass is 10.1. The number of nitrogens with one attached hydrogen (secondary N) is 1. The molecular formula is C23H23F3N2O5S. The van der Waals surface area contributed by atoms with Gasteiger partial charge >= 0.3 is 6.18 Å². The molecule has 1 aromatic heterocycles. The number of hydrogen-bond acceptors (Lipinski definition) is 5. The van der Waals surface area contributed by atoms with Crippen LogP contribution in [0.4, 0.5) is 13.2 Å². The van der Waals surface area contributed by atoms with Gasteiger partial charge < -0.3 is 14.5 Å². The van der Waals surface area contributed by atoms with Gasteiger partial charge in [-0.1, -0.05) is 6.07 Å². The normalized spacial score (nSPS) is 16.9. The van der Waals surface area contributed by atoms with Crippen LogP contribution < -0.4 is 10.3 Å². The molecule has 7 nitrogen and oxygen atoms in total. The number of alkyl halides is 3. The molecule has 0 radical (unpaired) electrons. The number of ether oxygens (including phenoxy) is 2. The van der Waals surface area contributed by atoms with Gasteiger partial charge in [0.05, 0.1) is 23.7 Å². The van der Waals surface area contributed by atoms with Crippen molar-refractivity contribution in [2.75, 3.05) is 20.3 Å². The summed E-state index contributed by atoms with van der Waals surface area (Å²) >= 11 is 0. The third kappa shape index (κ3) is 5.11. The summed E-state index contributed by atoms with van der Waals surface area (Å²) in [5.41, 5.74) is -0.870. The van der Waals surface area contributed by atoms with Gasteiger partial charge in [-0.15, -0.1) is 0 Å². The third-order valence-corrected chi connectivity index (χ3v) is 7.51. The van der Waals surface area contributed by atoms with Gasteiger partial charge in [0.1, 0.15) is 5.75 Å². The van der Waals surface area contributed by atoms with Gasteiger partial charge in [0, 0.05) is 36.2 Å². The zero-order chi connectivity index (χ0) is 24.5. The second-order valence-electron chi connectivity index (χ2n) is 8.04. The molecule has 0 saturated carbocycles. The molecule has 4 rings (SSSR count). The molecule has 0 aliphatic carbocycles. The molecule has 1 aliphatic rings. The summed E-state index contributed by atoms with van der Waals surface area (Å²) in [5.74, 6) is 0.554. The number of methoxy groups -OCH3 is 1. The molecule has 1 saturated heterocycles. The Kier molecular flexibility index (Phi) is 6.70. The van der Waals surface area contributed by atoms with E-state index in [0.717, 1.165) is 28.9 Å². The number of fused-ring (bicyclic) bond motifs is 1. The molecule has 2 heterocycles. The van der Waals surface area contributed by atoms with Crippen LogP contribution in [0.1, 0.15) is 24.0 Å². The molecule has 0 bridgehead atoms. The van der Waals surface area contributed by atoms with Crippen LogP contribution in [-0.4, -0.2) is 44.1 Å². The maximum absolute atomic E-state index is 13.4. The van der Waals surface area contributed by atoms with Crippen LogP contribution in [0.5, 0.6) is 5.75 Å². The molecule has 2 aromatic carbocycles. The summed E-state index contributed by atoms with van der Waals surface area (Å²) in [7, 11) is -2.88. The Morgan fingerprint density at radius 3 is 2.65 bits per heavy atom. The maximum Gasteiger partial charge on any atom is 0.416 e. The smallest absolute Gasteiger partial charge is 0.416 e. The van der Waals surface area contributed by atoms with Gasteiger partial charge in [0.15, 0.2) is 0 Å². The average molecular weight is 497 g/mol. The van der Waals surface area contributed by atoms with Crippen molar-refractivity contribution in [1.29, 1.82) is 0 Å². The summed E-state index contributed by atoms with van der Waals surface area (Å²) in [6.45, 7) is 0.0492. The number of rotatable bonds is 7. The summed E-state index contributed by atoms with van der Waals surface area (Å²) < 4.78 is 78.3. The van der Waals surface area contributed by atoms with E-state index in [1.54, 1.807) is 24.3 Å². The topological polar surface area (TPSA) is 88.7 Å². The first-order valence-electron chi connectivity index (χ1n) is 10.6. The number of hydrogen-bond donors (Lipinski definition) is 1. The van der Waals surface area contributed by atoms with E-state index in [-0.39, 0.29) is 18.7 Å². The minimum Gasteiger partial charge on any atom is -0.497 e. The lowest BCUT2D eigenvalue weighted by Crippen LogP contribution is -2.38. The van der Waals surface area contributed by atoms with E-state index in [9.17, 15) is 26.4 Å². The Morgan fingerprint density at radius 1 is 1.18 bits per heavy atom. The van der Waals surface area contributed by atoms with Gasteiger partial charge in [-0.05, 0) is 55.3 Å². The second kappa shape index (κ2) is 9.40. The van der Waals surface area contributed by atoms with Crippen molar-refractivity contribution in [3.63, 3.8) is 0 Å².